The number of morpholine rings is 1. The molecule has 2 heterocycles. The third-order valence-electron chi connectivity index (χ3n) is 4.85. The maximum Gasteiger partial charge on any atom is 0.0859 e. The molecule has 3 unspecified atom stereocenters. The van der Waals surface area contributed by atoms with Crippen molar-refractivity contribution < 1.29 is 4.74 Å². The average Bonchev–Trinajstić information content (AvgIpc) is 2.54. The van der Waals surface area contributed by atoms with Gasteiger partial charge in [-0.2, -0.15) is 0 Å². The normalized spacial score (nSPS) is 28.1. The van der Waals surface area contributed by atoms with Crippen LogP contribution in [0.5, 0.6) is 0 Å². The van der Waals surface area contributed by atoms with Crippen molar-refractivity contribution in [3.05, 3.63) is 29.6 Å². The maximum atomic E-state index is 6.60. The second kappa shape index (κ2) is 6.86. The third-order valence-corrected chi connectivity index (χ3v) is 4.85. The van der Waals surface area contributed by atoms with Crippen LogP contribution in [0.3, 0.4) is 0 Å². The largest absolute Gasteiger partial charge is 0.374 e. The summed E-state index contributed by atoms with van der Waals surface area (Å²) < 4.78 is 5.99. The van der Waals surface area contributed by atoms with E-state index in [9.17, 15) is 0 Å². The number of nitrogens with zero attached hydrogens (tertiary/aromatic N) is 2. The Balaban J connectivity index is 1.72. The Labute approximate surface area is 127 Å². The van der Waals surface area contributed by atoms with E-state index in [1.54, 1.807) is 0 Å². The highest BCUT2D eigenvalue weighted by Crippen LogP contribution is 2.33. The van der Waals surface area contributed by atoms with Crippen LogP contribution in [-0.2, 0) is 11.2 Å². The van der Waals surface area contributed by atoms with Gasteiger partial charge in [-0.3, -0.25) is 9.88 Å². The lowest BCUT2D eigenvalue weighted by molar-refractivity contribution is -0.0451. The number of hydrogen-bond acceptors (Lipinski definition) is 4. The molecule has 4 heteroatoms. The Bertz CT molecular complexity index is 463. The van der Waals surface area contributed by atoms with Crippen molar-refractivity contribution in [3.63, 3.8) is 0 Å². The van der Waals surface area contributed by atoms with Crippen LogP contribution in [0.2, 0.25) is 0 Å². The molecule has 0 spiro atoms. The summed E-state index contributed by atoms with van der Waals surface area (Å²) in [6, 6.07) is 4.29. The van der Waals surface area contributed by atoms with Gasteiger partial charge in [0.05, 0.1) is 12.7 Å². The van der Waals surface area contributed by atoms with Crippen molar-refractivity contribution >= 4 is 0 Å². The molecule has 4 nitrogen and oxygen atoms in total. The van der Waals surface area contributed by atoms with Gasteiger partial charge in [-0.05, 0) is 43.9 Å². The summed E-state index contributed by atoms with van der Waals surface area (Å²) in [6.07, 6.45) is 6.72. The fourth-order valence-corrected chi connectivity index (χ4v) is 3.76. The average molecular weight is 289 g/mol. The number of hydrogen-bond donors (Lipinski definition) is 1. The van der Waals surface area contributed by atoms with Crippen LogP contribution in [0.25, 0.3) is 0 Å². The highest BCUT2D eigenvalue weighted by Gasteiger charge is 2.34. The van der Waals surface area contributed by atoms with Gasteiger partial charge >= 0.3 is 0 Å². The lowest BCUT2D eigenvalue weighted by Crippen LogP contribution is -2.53. The first-order valence-electron chi connectivity index (χ1n) is 8.33. The van der Waals surface area contributed by atoms with Crippen molar-refractivity contribution in [1.29, 1.82) is 0 Å². The summed E-state index contributed by atoms with van der Waals surface area (Å²) in [5, 5.41) is 0. The Hall–Kier alpha value is -0.970. The van der Waals surface area contributed by atoms with E-state index >= 15 is 0 Å². The number of aryl methyl sites for hydroxylation is 1. The number of rotatable bonds is 4. The zero-order valence-electron chi connectivity index (χ0n) is 13.0. The topological polar surface area (TPSA) is 51.4 Å². The summed E-state index contributed by atoms with van der Waals surface area (Å²) in [5.74, 6) is 0.349. The van der Waals surface area contributed by atoms with Gasteiger partial charge in [-0.15, -0.1) is 0 Å². The fraction of sp³-hybridized carbons (Fsp3) is 0.706. The third kappa shape index (κ3) is 3.28. The van der Waals surface area contributed by atoms with E-state index in [1.807, 2.05) is 12.3 Å². The molecule has 3 atom stereocenters. The van der Waals surface area contributed by atoms with Gasteiger partial charge in [0, 0.05) is 36.9 Å². The van der Waals surface area contributed by atoms with Crippen molar-refractivity contribution in [2.45, 2.75) is 50.7 Å². The molecule has 1 aliphatic heterocycles. The SMILES string of the molecule is CCCN1CCOC(C(N)C2CCCc3cccnc32)C1. The molecule has 0 amide bonds. The smallest absolute Gasteiger partial charge is 0.0859 e. The van der Waals surface area contributed by atoms with Gasteiger partial charge in [0.15, 0.2) is 0 Å². The van der Waals surface area contributed by atoms with Crippen LogP contribution >= 0.6 is 0 Å². The van der Waals surface area contributed by atoms with Crippen LogP contribution < -0.4 is 5.73 Å². The zero-order chi connectivity index (χ0) is 14.7. The lowest BCUT2D eigenvalue weighted by atomic mass is 9.80. The minimum Gasteiger partial charge on any atom is -0.374 e. The minimum atomic E-state index is 0.0543. The summed E-state index contributed by atoms with van der Waals surface area (Å²) in [7, 11) is 0. The predicted molar refractivity (Wildman–Crippen MR) is 84.4 cm³/mol. The number of nitrogens with two attached hydrogens (primary N) is 1. The molecule has 0 bridgehead atoms. The van der Waals surface area contributed by atoms with E-state index < -0.39 is 0 Å². The van der Waals surface area contributed by atoms with Crippen molar-refractivity contribution in [1.82, 2.24) is 9.88 Å². The summed E-state index contributed by atoms with van der Waals surface area (Å²) in [5.41, 5.74) is 9.20. The van der Waals surface area contributed by atoms with Crippen LogP contribution in [0.1, 0.15) is 43.4 Å². The van der Waals surface area contributed by atoms with E-state index in [2.05, 4.69) is 22.9 Å². The minimum absolute atomic E-state index is 0.0543. The number of pyridine rings is 1. The predicted octanol–water partition coefficient (Wildman–Crippen LogP) is 1.94. The quantitative estimate of drug-likeness (QED) is 0.920. The highest BCUT2D eigenvalue weighted by atomic mass is 16.5. The number of ether oxygens (including phenoxy) is 1. The number of fused-ring (bicyclic) bond motifs is 1. The molecule has 1 aliphatic carbocycles. The van der Waals surface area contributed by atoms with Crippen molar-refractivity contribution in [2.75, 3.05) is 26.2 Å². The first-order valence-corrected chi connectivity index (χ1v) is 8.33. The van der Waals surface area contributed by atoms with E-state index in [-0.39, 0.29) is 12.1 Å². The molecule has 1 aromatic heterocycles. The monoisotopic (exact) mass is 289 g/mol. The zero-order valence-corrected chi connectivity index (χ0v) is 13.0. The Morgan fingerprint density at radius 2 is 2.43 bits per heavy atom. The molecule has 116 valence electrons. The second-order valence-corrected chi connectivity index (χ2v) is 6.33. The summed E-state index contributed by atoms with van der Waals surface area (Å²) in [6.45, 7) is 6.18. The van der Waals surface area contributed by atoms with E-state index in [0.717, 1.165) is 39.1 Å². The van der Waals surface area contributed by atoms with Gasteiger partial charge in [0.25, 0.3) is 0 Å². The van der Waals surface area contributed by atoms with Crippen LogP contribution in [0.4, 0.5) is 0 Å². The standard InChI is InChI=1S/C17H27N3O/c1-2-9-20-10-11-21-15(12-20)16(18)14-7-3-5-13-6-4-8-19-17(13)14/h4,6,8,14-16H,2-3,5,7,9-12,18H2,1H3. The number of aromatic nitrogens is 1. The molecule has 2 aliphatic rings. The molecule has 2 N–H and O–H groups in total. The fourth-order valence-electron chi connectivity index (χ4n) is 3.76. The highest BCUT2D eigenvalue weighted by molar-refractivity contribution is 5.27. The summed E-state index contributed by atoms with van der Waals surface area (Å²) in [4.78, 5) is 7.11. The molecule has 3 rings (SSSR count). The van der Waals surface area contributed by atoms with E-state index in [4.69, 9.17) is 10.5 Å². The first kappa shape index (κ1) is 14.9. The van der Waals surface area contributed by atoms with Gasteiger partial charge in [-0.1, -0.05) is 13.0 Å². The van der Waals surface area contributed by atoms with Crippen LogP contribution in [-0.4, -0.2) is 48.3 Å². The van der Waals surface area contributed by atoms with Gasteiger partial charge in [0.1, 0.15) is 0 Å². The second-order valence-electron chi connectivity index (χ2n) is 6.33. The molecule has 1 fully saturated rings. The Morgan fingerprint density at radius 3 is 3.29 bits per heavy atom. The van der Waals surface area contributed by atoms with E-state index in [0.29, 0.717) is 5.92 Å². The van der Waals surface area contributed by atoms with Crippen molar-refractivity contribution in [3.8, 4) is 0 Å². The molecule has 0 radical (unpaired) electrons. The van der Waals surface area contributed by atoms with Gasteiger partial charge < -0.3 is 10.5 Å². The van der Waals surface area contributed by atoms with E-state index in [1.165, 1.54) is 24.1 Å². The lowest BCUT2D eigenvalue weighted by Gasteiger charge is -2.39. The van der Waals surface area contributed by atoms with Gasteiger partial charge in [-0.25, -0.2) is 0 Å². The molecule has 0 saturated carbocycles. The first-order chi connectivity index (χ1) is 10.3. The van der Waals surface area contributed by atoms with Crippen LogP contribution in [0.15, 0.2) is 18.3 Å². The molecule has 1 aromatic rings. The Morgan fingerprint density at radius 1 is 1.52 bits per heavy atom. The molecule has 21 heavy (non-hydrogen) atoms. The van der Waals surface area contributed by atoms with Crippen LogP contribution in [0, 0.1) is 0 Å². The molecule has 1 saturated heterocycles. The molecular weight excluding hydrogens is 262 g/mol. The Kier molecular flexibility index (Phi) is 4.88. The molecular formula is C17H27N3O. The summed E-state index contributed by atoms with van der Waals surface area (Å²) >= 11 is 0. The molecule has 0 aromatic carbocycles. The van der Waals surface area contributed by atoms with Gasteiger partial charge in [0.2, 0.25) is 0 Å². The maximum absolute atomic E-state index is 6.60. The van der Waals surface area contributed by atoms with Crippen molar-refractivity contribution in [2.24, 2.45) is 5.73 Å².